The van der Waals surface area contributed by atoms with Crippen LogP contribution < -0.4 is 11.1 Å². The monoisotopic (exact) mass is 298 g/mol. The van der Waals surface area contributed by atoms with E-state index in [2.05, 4.69) is 34.3 Å². The highest BCUT2D eigenvalue weighted by Gasteiger charge is 2.32. The van der Waals surface area contributed by atoms with E-state index in [9.17, 15) is 9.59 Å². The first-order chi connectivity index (χ1) is 10.3. The zero-order valence-corrected chi connectivity index (χ0v) is 13.7. The molecule has 0 saturated carbocycles. The van der Waals surface area contributed by atoms with Gasteiger partial charge in [0, 0.05) is 13.1 Å². The molecule has 0 N–H and O–H groups in total. The lowest BCUT2D eigenvalue weighted by Crippen LogP contribution is -2.45. The first-order valence-corrected chi connectivity index (χ1v) is 7.68. The zero-order chi connectivity index (χ0) is 16.2. The topological polar surface area (TPSA) is 44.0 Å². The van der Waals surface area contributed by atoms with E-state index in [4.69, 9.17) is 0 Å². The van der Waals surface area contributed by atoms with E-state index < -0.39 is 11.1 Å². The second kappa shape index (κ2) is 4.70. The van der Waals surface area contributed by atoms with Crippen LogP contribution in [0, 0.1) is 13.8 Å². The van der Waals surface area contributed by atoms with Crippen LogP contribution in [0.4, 0.5) is 0 Å². The molecule has 4 nitrogen and oxygen atoms in total. The summed E-state index contributed by atoms with van der Waals surface area (Å²) in [4.78, 5) is 24.9. The van der Waals surface area contributed by atoms with Crippen molar-refractivity contribution in [1.82, 2.24) is 9.13 Å². The van der Waals surface area contributed by atoms with Crippen molar-refractivity contribution < 1.29 is 0 Å². The van der Waals surface area contributed by atoms with Gasteiger partial charge in [-0.25, -0.2) is 0 Å². The quantitative estimate of drug-likeness (QED) is 0.632. The number of hydrogen-bond acceptors (Lipinski definition) is 2. The van der Waals surface area contributed by atoms with Crippen LogP contribution in [0.2, 0.25) is 0 Å². The molecule has 2 aromatic rings. The van der Waals surface area contributed by atoms with Crippen molar-refractivity contribution in [1.29, 1.82) is 0 Å². The Bertz CT molecular complexity index is 914. The third-order valence-corrected chi connectivity index (χ3v) is 4.98. The Kier molecular flexibility index (Phi) is 3.17. The SMILES string of the molecule is C=CCn1c(=O)c(=O)n2c3c(c(C)c(C)cc31)C(C)(C)CC2. The molecule has 4 heteroatoms. The average Bonchev–Trinajstić information content (AvgIpc) is 2.45. The Morgan fingerprint density at radius 2 is 1.95 bits per heavy atom. The molecule has 0 bridgehead atoms. The first kappa shape index (κ1) is 14.8. The van der Waals surface area contributed by atoms with Gasteiger partial charge in [-0.3, -0.25) is 14.2 Å². The normalized spacial score (nSPS) is 16.0. The predicted octanol–water partition coefficient (Wildman–Crippen LogP) is 2.65. The number of rotatable bonds is 2. The molecule has 1 aromatic heterocycles. The third-order valence-electron chi connectivity index (χ3n) is 4.98. The van der Waals surface area contributed by atoms with E-state index >= 15 is 0 Å². The van der Waals surface area contributed by atoms with Gasteiger partial charge in [0.2, 0.25) is 0 Å². The molecule has 0 spiro atoms. The molecular formula is C18H22N2O2. The van der Waals surface area contributed by atoms with Crippen molar-refractivity contribution in [2.24, 2.45) is 0 Å². The molecule has 1 aromatic carbocycles. The van der Waals surface area contributed by atoms with Crippen LogP contribution in [0.5, 0.6) is 0 Å². The van der Waals surface area contributed by atoms with E-state index in [-0.39, 0.29) is 5.41 Å². The smallest absolute Gasteiger partial charge is 0.302 e. The van der Waals surface area contributed by atoms with Crippen molar-refractivity contribution in [2.45, 2.75) is 52.6 Å². The van der Waals surface area contributed by atoms with Crippen LogP contribution in [0.15, 0.2) is 28.3 Å². The van der Waals surface area contributed by atoms with Crippen LogP contribution in [0.25, 0.3) is 11.0 Å². The maximum Gasteiger partial charge on any atom is 0.317 e. The Balaban J connectivity index is 2.65. The zero-order valence-electron chi connectivity index (χ0n) is 13.7. The number of aryl methyl sites for hydroxylation is 2. The van der Waals surface area contributed by atoms with Crippen LogP contribution >= 0.6 is 0 Å². The molecule has 2 heterocycles. The maximum atomic E-state index is 12.5. The van der Waals surface area contributed by atoms with Gasteiger partial charge in [0.15, 0.2) is 0 Å². The van der Waals surface area contributed by atoms with Crippen LogP contribution in [-0.4, -0.2) is 9.13 Å². The lowest BCUT2D eigenvalue weighted by molar-refractivity contribution is 0.412. The molecule has 0 unspecified atom stereocenters. The van der Waals surface area contributed by atoms with Gasteiger partial charge < -0.3 is 4.57 Å². The fourth-order valence-corrected chi connectivity index (χ4v) is 3.67. The van der Waals surface area contributed by atoms with Gasteiger partial charge in [0.05, 0.1) is 11.0 Å². The predicted molar refractivity (Wildman–Crippen MR) is 89.8 cm³/mol. The standard InChI is InChI=1S/C18H22N2O2/c1-6-8-19-13-10-11(2)12(3)14-15(13)20(17(22)16(19)21)9-7-18(14,4)5/h6,10H,1,7-9H2,2-5H3. The number of benzene rings is 1. The molecule has 3 rings (SSSR count). The lowest BCUT2D eigenvalue weighted by Gasteiger charge is -2.35. The number of nitrogens with zero attached hydrogens (tertiary/aromatic N) is 2. The Labute approximate surface area is 129 Å². The van der Waals surface area contributed by atoms with Crippen LogP contribution in [0.1, 0.15) is 37.0 Å². The van der Waals surface area contributed by atoms with Crippen molar-refractivity contribution in [3.05, 3.63) is 56.1 Å². The van der Waals surface area contributed by atoms with E-state index in [0.29, 0.717) is 13.1 Å². The molecule has 0 aliphatic carbocycles. The van der Waals surface area contributed by atoms with Crippen molar-refractivity contribution in [3.8, 4) is 0 Å². The largest absolute Gasteiger partial charge is 0.317 e. The van der Waals surface area contributed by atoms with Crippen LogP contribution in [0.3, 0.4) is 0 Å². The van der Waals surface area contributed by atoms with Crippen molar-refractivity contribution in [2.75, 3.05) is 0 Å². The van der Waals surface area contributed by atoms with Crippen molar-refractivity contribution in [3.63, 3.8) is 0 Å². The molecule has 0 radical (unpaired) electrons. The summed E-state index contributed by atoms with van der Waals surface area (Å²) in [6.07, 6.45) is 2.53. The summed E-state index contributed by atoms with van der Waals surface area (Å²) in [6, 6.07) is 2.02. The fourth-order valence-electron chi connectivity index (χ4n) is 3.67. The van der Waals surface area contributed by atoms with Gasteiger partial charge in [0.25, 0.3) is 0 Å². The average molecular weight is 298 g/mol. The maximum absolute atomic E-state index is 12.5. The van der Waals surface area contributed by atoms with Gasteiger partial charge in [-0.05, 0) is 48.4 Å². The second-order valence-electron chi connectivity index (χ2n) is 6.86. The number of aromatic nitrogens is 2. The Hall–Kier alpha value is -2.10. The highest BCUT2D eigenvalue weighted by molar-refractivity contribution is 5.83. The third kappa shape index (κ3) is 1.83. The minimum atomic E-state index is -0.457. The summed E-state index contributed by atoms with van der Waals surface area (Å²) in [5, 5.41) is 0. The molecule has 0 saturated heterocycles. The summed E-state index contributed by atoms with van der Waals surface area (Å²) in [7, 11) is 0. The molecule has 116 valence electrons. The highest BCUT2D eigenvalue weighted by atomic mass is 16.2. The van der Waals surface area contributed by atoms with E-state index in [0.717, 1.165) is 23.0 Å². The van der Waals surface area contributed by atoms with E-state index in [1.165, 1.54) is 11.1 Å². The van der Waals surface area contributed by atoms with Gasteiger partial charge in [-0.2, -0.15) is 0 Å². The highest BCUT2D eigenvalue weighted by Crippen LogP contribution is 2.39. The lowest BCUT2D eigenvalue weighted by atomic mass is 9.75. The van der Waals surface area contributed by atoms with E-state index in [1.54, 1.807) is 15.2 Å². The van der Waals surface area contributed by atoms with Gasteiger partial charge in [-0.15, -0.1) is 6.58 Å². The van der Waals surface area contributed by atoms with E-state index in [1.807, 2.05) is 6.07 Å². The van der Waals surface area contributed by atoms with Gasteiger partial charge >= 0.3 is 11.1 Å². The van der Waals surface area contributed by atoms with Crippen molar-refractivity contribution >= 4 is 11.0 Å². The molecule has 1 aliphatic rings. The molecule has 0 amide bonds. The Morgan fingerprint density at radius 1 is 1.27 bits per heavy atom. The molecule has 22 heavy (non-hydrogen) atoms. The summed E-state index contributed by atoms with van der Waals surface area (Å²) in [5.41, 5.74) is 4.45. The minimum Gasteiger partial charge on any atom is -0.302 e. The molecular weight excluding hydrogens is 276 g/mol. The number of allylic oxidation sites excluding steroid dienone is 1. The van der Waals surface area contributed by atoms with Gasteiger partial charge in [-0.1, -0.05) is 19.9 Å². The second-order valence-corrected chi connectivity index (χ2v) is 6.86. The summed E-state index contributed by atoms with van der Waals surface area (Å²) < 4.78 is 3.22. The molecule has 0 fully saturated rings. The van der Waals surface area contributed by atoms with Gasteiger partial charge in [0.1, 0.15) is 0 Å². The molecule has 1 aliphatic heterocycles. The Morgan fingerprint density at radius 3 is 2.59 bits per heavy atom. The summed E-state index contributed by atoms with van der Waals surface area (Å²) >= 11 is 0. The minimum absolute atomic E-state index is 0.00277. The first-order valence-electron chi connectivity index (χ1n) is 7.68. The number of hydrogen-bond donors (Lipinski definition) is 0. The molecule has 0 atom stereocenters. The van der Waals surface area contributed by atoms with Crippen LogP contribution in [-0.2, 0) is 18.5 Å². The summed E-state index contributed by atoms with van der Waals surface area (Å²) in [5.74, 6) is 0. The summed E-state index contributed by atoms with van der Waals surface area (Å²) in [6.45, 7) is 13.3. The fraction of sp³-hybridized carbons (Fsp3) is 0.444.